The van der Waals surface area contributed by atoms with Gasteiger partial charge in [-0.2, -0.15) is 0 Å². The summed E-state index contributed by atoms with van der Waals surface area (Å²) in [5.74, 6) is -1.32. The molecule has 5 nitrogen and oxygen atoms in total. The lowest BCUT2D eigenvalue weighted by molar-refractivity contribution is -0.136. The summed E-state index contributed by atoms with van der Waals surface area (Å²) in [5, 5.41) is 0. The normalized spacial score (nSPS) is 12.3. The summed E-state index contributed by atoms with van der Waals surface area (Å²) in [4.78, 5) is 24.3. The maximum Gasteiger partial charge on any atom is 0.331 e. The Morgan fingerprint density at radius 1 is 1.26 bits per heavy atom. The molecule has 0 amide bonds. The minimum atomic E-state index is -0.658. The van der Waals surface area contributed by atoms with E-state index in [9.17, 15) is 14.0 Å². The van der Waals surface area contributed by atoms with E-state index in [2.05, 4.69) is 0 Å². The largest absolute Gasteiger partial charge is 0.454 e. The standard InChI is InChI=1S/C21H24FNO4/c1-14-10-19(16(3)23(14)15(2)12-26-4)20(24)13-27-21(25)9-8-17-6-5-7-18(22)11-17/h5-11,15H,12-13H2,1-4H3/b9-8+/t15-/m0/s1. The van der Waals surface area contributed by atoms with Crippen LogP contribution < -0.4 is 0 Å². The summed E-state index contributed by atoms with van der Waals surface area (Å²) in [6, 6.07) is 7.70. The van der Waals surface area contributed by atoms with Gasteiger partial charge in [0, 0.05) is 30.1 Å². The highest BCUT2D eigenvalue weighted by Gasteiger charge is 2.19. The minimum absolute atomic E-state index is 0.0910. The zero-order chi connectivity index (χ0) is 20.0. The Hall–Kier alpha value is -2.73. The topological polar surface area (TPSA) is 57.5 Å². The maximum absolute atomic E-state index is 13.1. The Morgan fingerprint density at radius 2 is 2.00 bits per heavy atom. The number of aryl methyl sites for hydroxylation is 1. The predicted octanol–water partition coefficient (Wildman–Crippen LogP) is 3.89. The number of methoxy groups -OCH3 is 1. The lowest BCUT2D eigenvalue weighted by Crippen LogP contribution is -2.16. The fourth-order valence-electron chi connectivity index (χ4n) is 3.09. The Morgan fingerprint density at radius 3 is 2.67 bits per heavy atom. The van der Waals surface area contributed by atoms with Crippen LogP contribution in [0.2, 0.25) is 0 Å². The molecule has 2 rings (SSSR count). The predicted molar refractivity (Wildman–Crippen MR) is 101 cm³/mol. The van der Waals surface area contributed by atoms with Crippen molar-refractivity contribution in [3.63, 3.8) is 0 Å². The van der Waals surface area contributed by atoms with Gasteiger partial charge in [-0.1, -0.05) is 12.1 Å². The second-order valence-corrected chi connectivity index (χ2v) is 6.38. The van der Waals surface area contributed by atoms with Crippen LogP contribution in [0.1, 0.15) is 40.3 Å². The summed E-state index contributed by atoms with van der Waals surface area (Å²) in [6.45, 7) is 5.97. The zero-order valence-corrected chi connectivity index (χ0v) is 16.0. The lowest BCUT2D eigenvalue weighted by Gasteiger charge is -2.17. The molecule has 0 spiro atoms. The highest BCUT2D eigenvalue weighted by molar-refractivity contribution is 6.00. The molecule has 1 aromatic carbocycles. The van der Waals surface area contributed by atoms with Crippen LogP contribution in [-0.2, 0) is 14.3 Å². The number of ketones is 1. The van der Waals surface area contributed by atoms with E-state index in [4.69, 9.17) is 9.47 Å². The number of halogens is 1. The number of ether oxygens (including phenoxy) is 2. The Labute approximate surface area is 158 Å². The molecule has 0 aliphatic rings. The molecule has 0 saturated heterocycles. The van der Waals surface area contributed by atoms with Crippen molar-refractivity contribution in [2.75, 3.05) is 20.3 Å². The molecule has 0 N–H and O–H groups in total. The maximum atomic E-state index is 13.1. The van der Waals surface area contributed by atoms with Gasteiger partial charge in [0.15, 0.2) is 6.61 Å². The van der Waals surface area contributed by atoms with Gasteiger partial charge in [0.05, 0.1) is 12.6 Å². The van der Waals surface area contributed by atoms with E-state index in [0.29, 0.717) is 17.7 Å². The molecule has 0 fully saturated rings. The highest BCUT2D eigenvalue weighted by Crippen LogP contribution is 2.21. The van der Waals surface area contributed by atoms with E-state index in [1.165, 1.54) is 24.3 Å². The number of hydrogen-bond acceptors (Lipinski definition) is 4. The Kier molecular flexibility index (Phi) is 7.07. The number of aromatic nitrogens is 1. The smallest absolute Gasteiger partial charge is 0.331 e. The summed E-state index contributed by atoms with van der Waals surface area (Å²) >= 11 is 0. The van der Waals surface area contributed by atoms with Crippen LogP contribution in [0.15, 0.2) is 36.4 Å². The molecule has 1 aromatic heterocycles. The molecule has 1 atom stereocenters. The zero-order valence-electron chi connectivity index (χ0n) is 16.0. The third-order valence-electron chi connectivity index (χ3n) is 4.24. The summed E-state index contributed by atoms with van der Waals surface area (Å²) < 4.78 is 25.3. The van der Waals surface area contributed by atoms with Crippen molar-refractivity contribution in [2.45, 2.75) is 26.8 Å². The molecule has 6 heteroatoms. The minimum Gasteiger partial charge on any atom is -0.454 e. The first kappa shape index (κ1) is 20.6. The van der Waals surface area contributed by atoms with Gasteiger partial charge in [-0.15, -0.1) is 0 Å². The van der Waals surface area contributed by atoms with Crippen LogP contribution in [0.3, 0.4) is 0 Å². The number of benzene rings is 1. The van der Waals surface area contributed by atoms with Gasteiger partial charge in [-0.3, -0.25) is 4.79 Å². The molecular formula is C21H24FNO4. The van der Waals surface area contributed by atoms with E-state index in [0.717, 1.165) is 11.4 Å². The van der Waals surface area contributed by atoms with Crippen molar-refractivity contribution < 1.29 is 23.5 Å². The van der Waals surface area contributed by atoms with Crippen LogP contribution >= 0.6 is 0 Å². The fraction of sp³-hybridized carbons (Fsp3) is 0.333. The van der Waals surface area contributed by atoms with Crippen LogP contribution in [-0.4, -0.2) is 36.6 Å². The second-order valence-electron chi connectivity index (χ2n) is 6.38. The second kappa shape index (κ2) is 9.28. The first-order valence-electron chi connectivity index (χ1n) is 8.64. The van der Waals surface area contributed by atoms with Gasteiger partial charge >= 0.3 is 5.97 Å². The highest BCUT2D eigenvalue weighted by atomic mass is 19.1. The van der Waals surface area contributed by atoms with Gasteiger partial charge < -0.3 is 14.0 Å². The molecule has 144 valence electrons. The van der Waals surface area contributed by atoms with Crippen molar-refractivity contribution in [1.29, 1.82) is 0 Å². The van der Waals surface area contributed by atoms with Crippen molar-refractivity contribution in [3.8, 4) is 0 Å². The summed E-state index contributed by atoms with van der Waals surface area (Å²) in [7, 11) is 1.63. The van der Waals surface area contributed by atoms with Gasteiger partial charge in [0.25, 0.3) is 0 Å². The third kappa shape index (κ3) is 5.37. The number of nitrogens with zero attached hydrogens (tertiary/aromatic N) is 1. The molecule has 2 aromatic rings. The fourth-order valence-corrected chi connectivity index (χ4v) is 3.09. The Balaban J connectivity index is 1.99. The van der Waals surface area contributed by atoms with E-state index in [1.807, 2.05) is 25.3 Å². The van der Waals surface area contributed by atoms with E-state index < -0.39 is 11.8 Å². The van der Waals surface area contributed by atoms with Crippen molar-refractivity contribution >= 4 is 17.8 Å². The van der Waals surface area contributed by atoms with Gasteiger partial charge in [-0.05, 0) is 50.6 Å². The molecule has 0 aliphatic carbocycles. The SMILES string of the molecule is COC[C@H](C)n1c(C)cc(C(=O)COC(=O)/C=C/c2cccc(F)c2)c1C. The average Bonchev–Trinajstić information content (AvgIpc) is 2.92. The van der Waals surface area contributed by atoms with Gasteiger partial charge in [0.1, 0.15) is 5.82 Å². The van der Waals surface area contributed by atoms with E-state index >= 15 is 0 Å². The molecule has 0 unspecified atom stereocenters. The average molecular weight is 373 g/mol. The molecule has 0 aliphatic heterocycles. The monoisotopic (exact) mass is 373 g/mol. The number of esters is 1. The first-order valence-corrected chi connectivity index (χ1v) is 8.64. The number of hydrogen-bond donors (Lipinski definition) is 0. The Bertz CT molecular complexity index is 854. The van der Waals surface area contributed by atoms with Crippen LogP contribution in [0, 0.1) is 19.7 Å². The van der Waals surface area contributed by atoms with E-state index in [1.54, 1.807) is 25.3 Å². The summed E-state index contributed by atoms with van der Waals surface area (Å²) in [6.07, 6.45) is 2.61. The third-order valence-corrected chi connectivity index (χ3v) is 4.24. The molecule has 1 heterocycles. The number of Topliss-reactive ketones (excluding diaryl/α,β-unsaturated/α-hetero) is 1. The molecule has 0 bridgehead atoms. The van der Waals surface area contributed by atoms with Gasteiger partial charge in [0.2, 0.25) is 5.78 Å². The quantitative estimate of drug-likeness (QED) is 0.400. The van der Waals surface area contributed by atoms with Crippen molar-refractivity contribution in [2.24, 2.45) is 0 Å². The first-order chi connectivity index (χ1) is 12.8. The van der Waals surface area contributed by atoms with Crippen LogP contribution in [0.5, 0.6) is 0 Å². The number of carbonyl (C=O) groups excluding carboxylic acids is 2. The van der Waals surface area contributed by atoms with Crippen LogP contribution in [0.4, 0.5) is 4.39 Å². The molecule has 0 radical (unpaired) electrons. The molecule has 27 heavy (non-hydrogen) atoms. The number of rotatable bonds is 8. The van der Waals surface area contributed by atoms with Crippen molar-refractivity contribution in [1.82, 2.24) is 4.57 Å². The summed E-state index contributed by atoms with van der Waals surface area (Å²) in [5.41, 5.74) is 2.82. The van der Waals surface area contributed by atoms with E-state index in [-0.39, 0.29) is 18.4 Å². The molecule has 0 saturated carbocycles. The van der Waals surface area contributed by atoms with Crippen LogP contribution in [0.25, 0.3) is 6.08 Å². The van der Waals surface area contributed by atoms with Crippen molar-refractivity contribution in [3.05, 3.63) is 64.7 Å². The molecular weight excluding hydrogens is 349 g/mol. The number of carbonyl (C=O) groups is 2. The van der Waals surface area contributed by atoms with Gasteiger partial charge in [-0.25, -0.2) is 9.18 Å². The lowest BCUT2D eigenvalue weighted by atomic mass is 10.1.